The fourth-order valence-electron chi connectivity index (χ4n) is 4.27. The number of likely N-dealkylation sites (N-methyl/N-ethyl adjacent to an activating group) is 1. The Bertz CT molecular complexity index is 829. The van der Waals surface area contributed by atoms with E-state index in [1.165, 1.54) is 0 Å². The molecule has 7 nitrogen and oxygen atoms in total. The molecule has 0 bridgehead atoms. The fraction of sp³-hybridized carbons (Fsp3) is 0.455. The van der Waals surface area contributed by atoms with Crippen molar-refractivity contribution in [3.63, 3.8) is 0 Å². The molecule has 1 heterocycles. The van der Waals surface area contributed by atoms with Crippen LogP contribution in [-0.2, 0) is 16.0 Å². The van der Waals surface area contributed by atoms with Crippen molar-refractivity contribution >= 4 is 11.8 Å². The van der Waals surface area contributed by atoms with E-state index in [4.69, 9.17) is 5.53 Å². The largest absolute Gasteiger partial charge is 0.357 e. The van der Waals surface area contributed by atoms with Crippen molar-refractivity contribution in [1.82, 2.24) is 10.2 Å². The SMILES string of the molecule is CNC(=O)C(Cc1ccccc1)N1CCC(C2C=CC=CC2)CC(N=[N+]=[N-])C1=O. The molecular formula is C22H27N5O2. The molecule has 4 atom stereocenters. The lowest BCUT2D eigenvalue weighted by Crippen LogP contribution is -2.52. The van der Waals surface area contributed by atoms with Crippen LogP contribution >= 0.6 is 0 Å². The fourth-order valence-corrected chi connectivity index (χ4v) is 4.27. The van der Waals surface area contributed by atoms with Gasteiger partial charge in [0.15, 0.2) is 0 Å². The van der Waals surface area contributed by atoms with Crippen molar-refractivity contribution in [3.05, 3.63) is 70.6 Å². The van der Waals surface area contributed by atoms with Gasteiger partial charge in [-0.2, -0.15) is 0 Å². The van der Waals surface area contributed by atoms with Crippen LogP contribution in [0.4, 0.5) is 0 Å². The molecule has 1 fully saturated rings. The summed E-state index contributed by atoms with van der Waals surface area (Å²) >= 11 is 0. The van der Waals surface area contributed by atoms with Gasteiger partial charge in [0, 0.05) is 24.9 Å². The molecule has 7 heteroatoms. The van der Waals surface area contributed by atoms with Gasteiger partial charge in [0.25, 0.3) is 0 Å². The Morgan fingerprint density at radius 3 is 2.79 bits per heavy atom. The minimum absolute atomic E-state index is 0.208. The predicted molar refractivity (Wildman–Crippen MR) is 112 cm³/mol. The lowest BCUT2D eigenvalue weighted by Gasteiger charge is -2.31. The molecule has 4 unspecified atom stereocenters. The first-order valence-electron chi connectivity index (χ1n) is 10.1. The molecule has 1 aromatic carbocycles. The number of carbonyl (C=O) groups excluding carboxylic acids is 2. The van der Waals surface area contributed by atoms with Crippen molar-refractivity contribution < 1.29 is 9.59 Å². The van der Waals surface area contributed by atoms with E-state index in [2.05, 4.69) is 27.5 Å². The molecule has 1 aliphatic carbocycles. The number of amides is 2. The molecule has 2 amide bonds. The van der Waals surface area contributed by atoms with Crippen molar-refractivity contribution in [1.29, 1.82) is 0 Å². The molecule has 1 aromatic rings. The highest BCUT2D eigenvalue weighted by Crippen LogP contribution is 2.33. The van der Waals surface area contributed by atoms with Crippen LogP contribution in [0.2, 0.25) is 0 Å². The maximum atomic E-state index is 13.3. The quantitative estimate of drug-likeness (QED) is 0.455. The maximum absolute atomic E-state index is 13.3. The highest BCUT2D eigenvalue weighted by molar-refractivity contribution is 5.90. The van der Waals surface area contributed by atoms with Crippen LogP contribution in [-0.4, -0.2) is 42.4 Å². The lowest BCUT2D eigenvalue weighted by molar-refractivity contribution is -0.140. The molecule has 3 rings (SSSR count). The zero-order chi connectivity index (χ0) is 20.6. The molecule has 29 heavy (non-hydrogen) atoms. The number of nitrogens with one attached hydrogen (secondary N) is 1. The summed E-state index contributed by atoms with van der Waals surface area (Å²) in [6.07, 6.45) is 11.0. The summed E-state index contributed by atoms with van der Waals surface area (Å²) in [6, 6.07) is 8.24. The van der Waals surface area contributed by atoms with Gasteiger partial charge in [-0.25, -0.2) is 0 Å². The summed E-state index contributed by atoms with van der Waals surface area (Å²) in [7, 11) is 1.58. The van der Waals surface area contributed by atoms with E-state index < -0.39 is 12.1 Å². The first-order valence-corrected chi connectivity index (χ1v) is 10.1. The van der Waals surface area contributed by atoms with E-state index in [-0.39, 0.29) is 17.7 Å². The van der Waals surface area contributed by atoms with E-state index in [1.54, 1.807) is 11.9 Å². The smallest absolute Gasteiger partial charge is 0.242 e. The molecular weight excluding hydrogens is 366 g/mol. The van der Waals surface area contributed by atoms with Gasteiger partial charge < -0.3 is 10.2 Å². The number of hydrogen-bond acceptors (Lipinski definition) is 3. The third-order valence-corrected chi connectivity index (χ3v) is 5.84. The number of allylic oxidation sites excluding steroid dienone is 4. The number of benzene rings is 1. The minimum atomic E-state index is -0.783. The summed E-state index contributed by atoms with van der Waals surface area (Å²) in [6.45, 7) is 0.472. The van der Waals surface area contributed by atoms with Crippen LogP contribution in [0.25, 0.3) is 10.4 Å². The highest BCUT2D eigenvalue weighted by Gasteiger charge is 2.38. The average Bonchev–Trinajstić information content (AvgIpc) is 2.92. The molecule has 0 radical (unpaired) electrons. The van der Waals surface area contributed by atoms with Crippen LogP contribution in [0.15, 0.2) is 59.8 Å². The second kappa shape index (κ2) is 9.94. The summed E-state index contributed by atoms with van der Waals surface area (Å²) < 4.78 is 0. The van der Waals surface area contributed by atoms with Gasteiger partial charge in [-0.15, -0.1) is 0 Å². The zero-order valence-corrected chi connectivity index (χ0v) is 16.6. The first kappa shape index (κ1) is 20.7. The Balaban J connectivity index is 1.87. The van der Waals surface area contributed by atoms with Gasteiger partial charge in [0.05, 0.1) is 0 Å². The van der Waals surface area contributed by atoms with E-state index in [1.807, 2.05) is 42.5 Å². The number of carbonyl (C=O) groups is 2. The van der Waals surface area contributed by atoms with Gasteiger partial charge in [-0.05, 0) is 42.2 Å². The molecule has 0 saturated carbocycles. The highest BCUT2D eigenvalue weighted by atomic mass is 16.2. The number of rotatable bonds is 6. The van der Waals surface area contributed by atoms with Crippen LogP contribution in [0.1, 0.15) is 24.8 Å². The van der Waals surface area contributed by atoms with Crippen LogP contribution in [0.3, 0.4) is 0 Å². The maximum Gasteiger partial charge on any atom is 0.242 e. The van der Waals surface area contributed by atoms with E-state index in [0.29, 0.717) is 25.3 Å². The Morgan fingerprint density at radius 1 is 1.34 bits per heavy atom. The second-order valence-corrected chi connectivity index (χ2v) is 7.57. The molecule has 1 saturated heterocycles. The minimum Gasteiger partial charge on any atom is -0.357 e. The zero-order valence-electron chi connectivity index (χ0n) is 16.6. The van der Waals surface area contributed by atoms with Crippen molar-refractivity contribution in [2.75, 3.05) is 13.6 Å². The Kier molecular flexibility index (Phi) is 7.09. The number of nitrogens with zero attached hydrogens (tertiary/aromatic N) is 4. The van der Waals surface area contributed by atoms with Gasteiger partial charge in [-0.3, -0.25) is 9.59 Å². The predicted octanol–water partition coefficient (Wildman–Crippen LogP) is 3.39. The first-order chi connectivity index (χ1) is 14.1. The topological polar surface area (TPSA) is 98.2 Å². The number of likely N-dealkylation sites (tertiary alicyclic amines) is 1. The van der Waals surface area contributed by atoms with Crippen molar-refractivity contribution in [3.8, 4) is 0 Å². The summed E-state index contributed by atoms with van der Waals surface area (Å²) in [5.74, 6) is 0.0745. The van der Waals surface area contributed by atoms with E-state index in [9.17, 15) is 9.59 Å². The molecule has 152 valence electrons. The lowest BCUT2D eigenvalue weighted by atomic mass is 9.81. The van der Waals surface area contributed by atoms with Gasteiger partial charge in [0.1, 0.15) is 12.1 Å². The normalized spacial score (nSPS) is 25.1. The van der Waals surface area contributed by atoms with Crippen LogP contribution in [0.5, 0.6) is 0 Å². The number of azide groups is 1. The van der Waals surface area contributed by atoms with Crippen molar-refractivity contribution in [2.45, 2.75) is 37.8 Å². The second-order valence-electron chi connectivity index (χ2n) is 7.57. The Hall–Kier alpha value is -3.05. The third kappa shape index (κ3) is 5.06. The van der Waals surface area contributed by atoms with Crippen LogP contribution < -0.4 is 5.32 Å². The molecule has 1 N–H and O–H groups in total. The summed E-state index contributed by atoms with van der Waals surface area (Å²) in [4.78, 5) is 30.5. The van der Waals surface area contributed by atoms with Crippen molar-refractivity contribution in [2.24, 2.45) is 17.0 Å². The molecule has 0 aromatic heterocycles. The van der Waals surface area contributed by atoms with Crippen LogP contribution in [0, 0.1) is 11.8 Å². The third-order valence-electron chi connectivity index (χ3n) is 5.84. The average molecular weight is 393 g/mol. The monoisotopic (exact) mass is 393 g/mol. The summed E-state index contributed by atoms with van der Waals surface area (Å²) in [5.41, 5.74) is 10.0. The Morgan fingerprint density at radius 2 is 2.14 bits per heavy atom. The molecule has 0 spiro atoms. The van der Waals surface area contributed by atoms with Gasteiger partial charge in [-0.1, -0.05) is 59.8 Å². The van der Waals surface area contributed by atoms with E-state index in [0.717, 1.165) is 18.4 Å². The molecule has 2 aliphatic rings. The summed E-state index contributed by atoms with van der Waals surface area (Å²) in [5, 5.41) is 6.50. The standard InChI is InChI=1S/C22H27N5O2/c1-24-21(28)20(14-16-8-4-2-5-9-16)27-13-12-18(17-10-6-3-7-11-17)15-19(22(27)29)25-26-23/h2-10,17-20H,11-15H2,1H3,(H,24,28). The van der Waals surface area contributed by atoms with Gasteiger partial charge in [0.2, 0.25) is 11.8 Å². The Labute approximate surface area is 171 Å². The molecule has 1 aliphatic heterocycles. The van der Waals surface area contributed by atoms with Gasteiger partial charge >= 0.3 is 0 Å². The number of hydrogen-bond donors (Lipinski definition) is 1. The van der Waals surface area contributed by atoms with E-state index >= 15 is 0 Å².